The van der Waals surface area contributed by atoms with Crippen LogP contribution in [0.4, 0.5) is 0 Å². The number of aliphatic hydroxyl groups is 1. The molecule has 1 aromatic heterocycles. The van der Waals surface area contributed by atoms with Crippen molar-refractivity contribution in [1.29, 1.82) is 0 Å². The van der Waals surface area contributed by atoms with Crippen LogP contribution < -0.4 is 0 Å². The highest BCUT2D eigenvalue weighted by Crippen LogP contribution is 2.31. The van der Waals surface area contributed by atoms with Gasteiger partial charge in [0.05, 0.1) is 6.10 Å². The Hall–Kier alpha value is -1.12. The monoisotopic (exact) mass is 274 g/mol. The Morgan fingerprint density at radius 3 is 2.47 bits per heavy atom. The Morgan fingerprint density at radius 2 is 1.84 bits per heavy atom. The summed E-state index contributed by atoms with van der Waals surface area (Å²) in [5.41, 5.74) is 2.39. The summed E-state index contributed by atoms with van der Waals surface area (Å²) >= 11 is 1.76. The van der Waals surface area contributed by atoms with Gasteiger partial charge in [0.1, 0.15) is 0 Å². The van der Waals surface area contributed by atoms with E-state index in [9.17, 15) is 5.11 Å². The summed E-state index contributed by atoms with van der Waals surface area (Å²) in [4.78, 5) is 1.34. The highest BCUT2D eigenvalue weighted by Gasteiger charge is 2.21. The van der Waals surface area contributed by atoms with Crippen molar-refractivity contribution in [2.75, 3.05) is 0 Å². The molecule has 1 N–H and O–H groups in total. The molecule has 2 heteroatoms. The lowest BCUT2D eigenvalue weighted by Gasteiger charge is -2.25. The number of benzene rings is 1. The molecule has 0 aliphatic heterocycles. The number of thiophene rings is 1. The summed E-state index contributed by atoms with van der Waals surface area (Å²) < 4.78 is 0. The first-order valence-electron chi connectivity index (χ1n) is 6.78. The van der Waals surface area contributed by atoms with E-state index in [0.717, 1.165) is 18.4 Å². The van der Waals surface area contributed by atoms with Crippen LogP contribution in [0, 0.1) is 0 Å². The van der Waals surface area contributed by atoms with Gasteiger partial charge in [0.25, 0.3) is 0 Å². The second kappa shape index (κ2) is 5.89. The van der Waals surface area contributed by atoms with E-state index in [2.05, 4.69) is 56.5 Å². The fraction of sp³-hybridized carbons (Fsp3) is 0.412. The fourth-order valence-corrected chi connectivity index (χ4v) is 3.08. The van der Waals surface area contributed by atoms with Crippen LogP contribution in [0.2, 0.25) is 0 Å². The van der Waals surface area contributed by atoms with Crippen molar-refractivity contribution in [3.8, 4) is 0 Å². The highest BCUT2D eigenvalue weighted by molar-refractivity contribution is 7.09. The van der Waals surface area contributed by atoms with Gasteiger partial charge in [-0.1, -0.05) is 51.1 Å². The Balaban J connectivity index is 2.12. The van der Waals surface area contributed by atoms with E-state index in [1.54, 1.807) is 11.3 Å². The normalized spacial score (nSPS) is 13.5. The van der Waals surface area contributed by atoms with Gasteiger partial charge in [-0.15, -0.1) is 11.3 Å². The van der Waals surface area contributed by atoms with E-state index < -0.39 is 0 Å². The molecular formula is C17H22OS. The molecule has 0 aliphatic carbocycles. The third-order valence-corrected chi connectivity index (χ3v) is 4.31. The SMILES string of the molecule is CC(C)(C)c1ccccc1C(O)CCc1cccs1. The Labute approximate surface area is 119 Å². The summed E-state index contributed by atoms with van der Waals surface area (Å²) in [6, 6.07) is 12.4. The minimum Gasteiger partial charge on any atom is -0.388 e. The van der Waals surface area contributed by atoms with Crippen molar-refractivity contribution in [2.45, 2.75) is 45.1 Å². The first-order chi connectivity index (χ1) is 8.98. The maximum absolute atomic E-state index is 10.5. The van der Waals surface area contributed by atoms with E-state index in [4.69, 9.17) is 0 Å². The molecule has 0 saturated carbocycles. The molecule has 0 fully saturated rings. The number of aryl methyl sites for hydroxylation is 1. The van der Waals surface area contributed by atoms with Crippen LogP contribution in [0.15, 0.2) is 41.8 Å². The molecule has 0 bridgehead atoms. The number of rotatable bonds is 4. The van der Waals surface area contributed by atoms with E-state index in [1.807, 2.05) is 6.07 Å². The molecule has 1 nitrogen and oxygen atoms in total. The maximum Gasteiger partial charge on any atom is 0.0796 e. The van der Waals surface area contributed by atoms with E-state index in [-0.39, 0.29) is 11.5 Å². The zero-order chi connectivity index (χ0) is 13.9. The van der Waals surface area contributed by atoms with E-state index in [1.165, 1.54) is 10.4 Å². The highest BCUT2D eigenvalue weighted by atomic mass is 32.1. The second-order valence-corrected chi connectivity index (χ2v) is 7.00. The first-order valence-corrected chi connectivity index (χ1v) is 7.66. The summed E-state index contributed by atoms with van der Waals surface area (Å²) in [5.74, 6) is 0. The topological polar surface area (TPSA) is 20.2 Å². The molecule has 1 heterocycles. The molecular weight excluding hydrogens is 252 g/mol. The summed E-state index contributed by atoms with van der Waals surface area (Å²) in [7, 11) is 0. The molecule has 1 aromatic carbocycles. The Bertz CT molecular complexity index is 508. The quantitative estimate of drug-likeness (QED) is 0.856. The lowest BCUT2D eigenvalue weighted by molar-refractivity contribution is 0.166. The lowest BCUT2D eigenvalue weighted by Crippen LogP contribution is -2.16. The number of hydrogen-bond donors (Lipinski definition) is 1. The third kappa shape index (κ3) is 3.68. The van der Waals surface area contributed by atoms with Gasteiger partial charge in [-0.05, 0) is 40.8 Å². The molecule has 0 spiro atoms. The third-order valence-electron chi connectivity index (χ3n) is 3.37. The zero-order valence-electron chi connectivity index (χ0n) is 11.9. The molecule has 2 rings (SSSR count). The van der Waals surface area contributed by atoms with E-state index in [0.29, 0.717) is 0 Å². The molecule has 0 amide bonds. The van der Waals surface area contributed by atoms with Crippen LogP contribution in [-0.4, -0.2) is 5.11 Å². The van der Waals surface area contributed by atoms with Crippen LogP contribution in [0.25, 0.3) is 0 Å². The molecule has 1 unspecified atom stereocenters. The van der Waals surface area contributed by atoms with Crippen LogP contribution in [0.3, 0.4) is 0 Å². The maximum atomic E-state index is 10.5. The van der Waals surface area contributed by atoms with Gasteiger partial charge in [0.15, 0.2) is 0 Å². The predicted molar refractivity (Wildman–Crippen MR) is 82.7 cm³/mol. The minimum atomic E-state index is -0.377. The average Bonchev–Trinajstić information content (AvgIpc) is 2.88. The molecule has 19 heavy (non-hydrogen) atoms. The first kappa shape index (κ1) is 14.3. The van der Waals surface area contributed by atoms with Gasteiger partial charge in [0, 0.05) is 4.88 Å². The largest absolute Gasteiger partial charge is 0.388 e. The molecule has 1 atom stereocenters. The zero-order valence-corrected chi connectivity index (χ0v) is 12.7. The van der Waals surface area contributed by atoms with Crippen molar-refractivity contribution < 1.29 is 5.11 Å². The van der Waals surface area contributed by atoms with Crippen LogP contribution in [-0.2, 0) is 11.8 Å². The number of hydrogen-bond acceptors (Lipinski definition) is 2. The molecule has 0 saturated heterocycles. The van der Waals surface area contributed by atoms with Crippen molar-refractivity contribution >= 4 is 11.3 Å². The molecule has 2 aromatic rings. The van der Waals surface area contributed by atoms with Gasteiger partial charge in [-0.25, -0.2) is 0 Å². The summed E-state index contributed by atoms with van der Waals surface area (Å²) in [5, 5.41) is 12.6. The minimum absolute atomic E-state index is 0.0699. The van der Waals surface area contributed by atoms with Crippen LogP contribution >= 0.6 is 11.3 Å². The van der Waals surface area contributed by atoms with Gasteiger partial charge in [-0.3, -0.25) is 0 Å². The summed E-state index contributed by atoms with van der Waals surface area (Å²) in [6.45, 7) is 6.58. The Morgan fingerprint density at radius 1 is 1.11 bits per heavy atom. The summed E-state index contributed by atoms with van der Waals surface area (Å²) in [6.07, 6.45) is 1.35. The van der Waals surface area contributed by atoms with E-state index >= 15 is 0 Å². The van der Waals surface area contributed by atoms with Gasteiger partial charge in [0.2, 0.25) is 0 Å². The predicted octanol–water partition coefficient (Wildman–Crippen LogP) is 4.71. The van der Waals surface area contributed by atoms with Gasteiger partial charge >= 0.3 is 0 Å². The Kier molecular flexibility index (Phi) is 4.43. The average molecular weight is 274 g/mol. The number of aliphatic hydroxyl groups excluding tert-OH is 1. The van der Waals surface area contributed by atoms with Crippen molar-refractivity contribution in [3.05, 3.63) is 57.8 Å². The standard InChI is InChI=1S/C17H22OS/c1-17(2,3)15-9-5-4-8-14(15)16(18)11-10-13-7-6-12-19-13/h4-9,12,16,18H,10-11H2,1-3H3. The van der Waals surface area contributed by atoms with Crippen molar-refractivity contribution in [2.24, 2.45) is 0 Å². The fourth-order valence-electron chi connectivity index (χ4n) is 2.36. The van der Waals surface area contributed by atoms with Gasteiger partial charge < -0.3 is 5.11 Å². The van der Waals surface area contributed by atoms with Crippen molar-refractivity contribution in [3.63, 3.8) is 0 Å². The molecule has 0 aliphatic rings. The second-order valence-electron chi connectivity index (χ2n) is 5.97. The van der Waals surface area contributed by atoms with Crippen LogP contribution in [0.5, 0.6) is 0 Å². The van der Waals surface area contributed by atoms with Crippen LogP contribution in [0.1, 0.15) is 49.3 Å². The lowest BCUT2D eigenvalue weighted by atomic mass is 9.82. The smallest absolute Gasteiger partial charge is 0.0796 e. The molecule has 0 radical (unpaired) electrons. The van der Waals surface area contributed by atoms with Crippen molar-refractivity contribution in [1.82, 2.24) is 0 Å². The van der Waals surface area contributed by atoms with Gasteiger partial charge in [-0.2, -0.15) is 0 Å². The molecule has 102 valence electrons.